The van der Waals surface area contributed by atoms with Crippen molar-refractivity contribution in [2.75, 3.05) is 31.6 Å². The standard InChI is InChI=1S/C30H26N4O4S/c35-27(32-30-31-11-16-39-30)26(20-5-2-1-3-6-20)34-19-24-10-9-22(18-25(24)29(34)37)21-7-4-8-23(17-21)28(36)33-12-14-38-15-13-33/h1-11,16-18,26H,12-15,19H2,(H,31,32,35). The first kappa shape index (κ1) is 25.0. The summed E-state index contributed by atoms with van der Waals surface area (Å²) in [5.74, 6) is -0.553. The lowest BCUT2D eigenvalue weighted by Gasteiger charge is -2.27. The number of amides is 3. The molecule has 1 aromatic heterocycles. The molecule has 0 spiro atoms. The largest absolute Gasteiger partial charge is 0.378 e. The van der Waals surface area contributed by atoms with Crippen molar-refractivity contribution in [3.63, 3.8) is 0 Å². The molecule has 1 N–H and O–H groups in total. The van der Waals surface area contributed by atoms with Gasteiger partial charge in [0.1, 0.15) is 6.04 Å². The van der Waals surface area contributed by atoms with Gasteiger partial charge in [0, 0.05) is 42.3 Å². The lowest BCUT2D eigenvalue weighted by molar-refractivity contribution is -0.120. The number of anilines is 1. The van der Waals surface area contributed by atoms with Gasteiger partial charge >= 0.3 is 0 Å². The second-order valence-electron chi connectivity index (χ2n) is 9.43. The minimum atomic E-state index is -0.812. The summed E-state index contributed by atoms with van der Waals surface area (Å²) in [6.45, 7) is 2.55. The van der Waals surface area contributed by atoms with Crippen LogP contribution >= 0.6 is 11.3 Å². The van der Waals surface area contributed by atoms with Crippen molar-refractivity contribution in [3.8, 4) is 11.1 Å². The lowest BCUT2D eigenvalue weighted by Crippen LogP contribution is -2.40. The topological polar surface area (TPSA) is 91.8 Å². The van der Waals surface area contributed by atoms with Gasteiger partial charge < -0.3 is 14.5 Å². The highest BCUT2D eigenvalue weighted by Crippen LogP contribution is 2.35. The zero-order valence-corrected chi connectivity index (χ0v) is 21.9. The van der Waals surface area contributed by atoms with Crippen LogP contribution in [0.25, 0.3) is 11.1 Å². The summed E-state index contributed by atoms with van der Waals surface area (Å²) in [6, 6.07) is 21.7. The average Bonchev–Trinajstić information content (AvgIpc) is 3.61. The van der Waals surface area contributed by atoms with Crippen LogP contribution in [0.15, 0.2) is 84.4 Å². The number of rotatable bonds is 6. The second kappa shape index (κ2) is 10.8. The van der Waals surface area contributed by atoms with Crippen LogP contribution in [0.2, 0.25) is 0 Å². The second-order valence-corrected chi connectivity index (χ2v) is 10.3. The Hall–Kier alpha value is -4.34. The van der Waals surface area contributed by atoms with E-state index in [1.165, 1.54) is 11.3 Å². The van der Waals surface area contributed by atoms with Gasteiger partial charge in [-0.15, -0.1) is 11.3 Å². The van der Waals surface area contributed by atoms with Gasteiger partial charge in [0.25, 0.3) is 17.7 Å². The number of ether oxygens (including phenoxy) is 1. The fourth-order valence-electron chi connectivity index (χ4n) is 5.06. The van der Waals surface area contributed by atoms with Gasteiger partial charge in [-0.2, -0.15) is 0 Å². The van der Waals surface area contributed by atoms with Gasteiger partial charge in [0.2, 0.25) is 0 Å². The number of aromatic nitrogens is 1. The van der Waals surface area contributed by atoms with Crippen LogP contribution in [-0.4, -0.2) is 58.8 Å². The first-order valence-corrected chi connectivity index (χ1v) is 13.6. The third-order valence-corrected chi connectivity index (χ3v) is 7.71. The molecule has 0 saturated carbocycles. The zero-order valence-electron chi connectivity index (χ0n) is 21.1. The van der Waals surface area contributed by atoms with Gasteiger partial charge in [0.05, 0.1) is 13.2 Å². The summed E-state index contributed by atoms with van der Waals surface area (Å²) in [7, 11) is 0. The zero-order chi connectivity index (χ0) is 26.8. The molecule has 39 heavy (non-hydrogen) atoms. The minimum Gasteiger partial charge on any atom is -0.378 e. The summed E-state index contributed by atoms with van der Waals surface area (Å²) >= 11 is 1.33. The number of morpholine rings is 1. The molecule has 1 fully saturated rings. The third kappa shape index (κ3) is 5.06. The molecule has 1 saturated heterocycles. The van der Waals surface area contributed by atoms with E-state index in [-0.39, 0.29) is 17.7 Å². The van der Waals surface area contributed by atoms with E-state index in [1.54, 1.807) is 21.4 Å². The fraction of sp³-hybridized carbons (Fsp3) is 0.200. The predicted molar refractivity (Wildman–Crippen MR) is 148 cm³/mol. The SMILES string of the molecule is O=C(Nc1nccs1)C(c1ccccc1)N1Cc2ccc(-c3cccc(C(=O)N4CCOCC4)c3)cc2C1=O. The molecule has 9 heteroatoms. The Morgan fingerprint density at radius 3 is 2.51 bits per heavy atom. The number of hydrogen-bond acceptors (Lipinski definition) is 6. The van der Waals surface area contributed by atoms with Crippen molar-refractivity contribution in [3.05, 3.63) is 107 Å². The van der Waals surface area contributed by atoms with Crippen molar-refractivity contribution in [2.24, 2.45) is 0 Å². The highest BCUT2D eigenvalue weighted by Gasteiger charge is 2.38. The number of fused-ring (bicyclic) bond motifs is 1. The molecule has 6 rings (SSSR count). The van der Waals surface area contributed by atoms with E-state index in [0.717, 1.165) is 22.3 Å². The summed E-state index contributed by atoms with van der Waals surface area (Å²) in [6.07, 6.45) is 1.62. The molecule has 0 bridgehead atoms. The number of carbonyl (C=O) groups excluding carboxylic acids is 3. The smallest absolute Gasteiger partial charge is 0.255 e. The van der Waals surface area contributed by atoms with E-state index in [4.69, 9.17) is 4.74 Å². The molecule has 2 aliphatic rings. The maximum Gasteiger partial charge on any atom is 0.255 e. The Kier molecular flexibility index (Phi) is 6.91. The van der Waals surface area contributed by atoms with Crippen LogP contribution < -0.4 is 5.32 Å². The highest BCUT2D eigenvalue weighted by molar-refractivity contribution is 7.13. The third-order valence-electron chi connectivity index (χ3n) is 7.02. The van der Waals surface area contributed by atoms with Crippen LogP contribution in [0.4, 0.5) is 5.13 Å². The number of thiazole rings is 1. The molecule has 196 valence electrons. The van der Waals surface area contributed by atoms with Crippen LogP contribution in [0, 0.1) is 0 Å². The van der Waals surface area contributed by atoms with E-state index < -0.39 is 6.04 Å². The van der Waals surface area contributed by atoms with Gasteiger partial charge in [-0.3, -0.25) is 19.7 Å². The molecule has 3 aromatic carbocycles. The van der Waals surface area contributed by atoms with Crippen molar-refractivity contribution >= 4 is 34.2 Å². The summed E-state index contributed by atoms with van der Waals surface area (Å²) in [5.41, 5.74) is 4.43. The average molecular weight is 539 g/mol. The number of carbonyl (C=O) groups is 3. The molecule has 0 aliphatic carbocycles. The van der Waals surface area contributed by atoms with Gasteiger partial charge in [-0.25, -0.2) is 4.98 Å². The minimum absolute atomic E-state index is 0.0273. The van der Waals surface area contributed by atoms with Gasteiger partial charge in [0.15, 0.2) is 5.13 Å². The predicted octanol–water partition coefficient (Wildman–Crippen LogP) is 4.62. The first-order valence-electron chi connectivity index (χ1n) is 12.7. The molecule has 4 aromatic rings. The van der Waals surface area contributed by atoms with Crippen LogP contribution in [0.1, 0.15) is 37.9 Å². The molecule has 1 atom stereocenters. The highest BCUT2D eigenvalue weighted by atomic mass is 32.1. The molecule has 8 nitrogen and oxygen atoms in total. The number of nitrogens with zero attached hydrogens (tertiary/aromatic N) is 3. The monoisotopic (exact) mass is 538 g/mol. The van der Waals surface area contributed by atoms with Crippen LogP contribution in [0.3, 0.4) is 0 Å². The number of hydrogen-bond donors (Lipinski definition) is 1. The van der Waals surface area contributed by atoms with E-state index in [0.29, 0.717) is 49.1 Å². The van der Waals surface area contributed by atoms with Crippen molar-refractivity contribution in [2.45, 2.75) is 12.6 Å². The molecule has 0 radical (unpaired) electrons. The quantitative estimate of drug-likeness (QED) is 0.387. The maximum atomic E-state index is 13.7. The van der Waals surface area contributed by atoms with Crippen LogP contribution in [0.5, 0.6) is 0 Å². The lowest BCUT2D eigenvalue weighted by atomic mass is 9.98. The molecule has 3 heterocycles. The van der Waals surface area contributed by atoms with Crippen molar-refractivity contribution < 1.29 is 19.1 Å². The van der Waals surface area contributed by atoms with Gasteiger partial charge in [-0.05, 0) is 40.5 Å². The Labute approximate surface area is 229 Å². The Morgan fingerprint density at radius 1 is 0.949 bits per heavy atom. The molecule has 3 amide bonds. The number of benzene rings is 3. The van der Waals surface area contributed by atoms with E-state index in [2.05, 4.69) is 10.3 Å². The van der Waals surface area contributed by atoms with Gasteiger partial charge in [-0.1, -0.05) is 54.6 Å². The molecule has 1 unspecified atom stereocenters. The van der Waals surface area contributed by atoms with E-state index >= 15 is 0 Å². The summed E-state index contributed by atoms with van der Waals surface area (Å²) in [4.78, 5) is 47.8. The number of nitrogens with one attached hydrogen (secondary N) is 1. The fourth-order valence-corrected chi connectivity index (χ4v) is 5.59. The first-order chi connectivity index (χ1) is 19.1. The molecular weight excluding hydrogens is 512 g/mol. The normalized spacial score (nSPS) is 15.6. The van der Waals surface area contributed by atoms with Crippen molar-refractivity contribution in [1.82, 2.24) is 14.8 Å². The Morgan fingerprint density at radius 2 is 1.74 bits per heavy atom. The molecule has 2 aliphatic heterocycles. The summed E-state index contributed by atoms with van der Waals surface area (Å²) in [5, 5.41) is 5.13. The van der Waals surface area contributed by atoms with Crippen LogP contribution in [-0.2, 0) is 16.1 Å². The summed E-state index contributed by atoms with van der Waals surface area (Å²) < 4.78 is 5.37. The van der Waals surface area contributed by atoms with Crippen molar-refractivity contribution in [1.29, 1.82) is 0 Å². The Bertz CT molecular complexity index is 1520. The molecular formula is C30H26N4O4S. The van der Waals surface area contributed by atoms with E-state index in [9.17, 15) is 14.4 Å². The maximum absolute atomic E-state index is 13.7. The van der Waals surface area contributed by atoms with E-state index in [1.807, 2.05) is 72.8 Å². The Balaban J connectivity index is 1.28.